The number of hydrogen-bond acceptors (Lipinski definition) is 4. The minimum absolute atomic E-state index is 0.383. The third-order valence-corrected chi connectivity index (χ3v) is 3.68. The summed E-state index contributed by atoms with van der Waals surface area (Å²) < 4.78 is 7.31. The SMILES string of the molecule is Cn1nccc1CCC(NN)C1CCOCC1. The fourth-order valence-electron chi connectivity index (χ4n) is 2.52. The molecule has 0 saturated carbocycles. The van der Waals surface area contributed by atoms with Gasteiger partial charge >= 0.3 is 0 Å². The van der Waals surface area contributed by atoms with Crippen LogP contribution in [0.1, 0.15) is 25.0 Å². The van der Waals surface area contributed by atoms with Gasteiger partial charge in [0.15, 0.2) is 0 Å². The van der Waals surface area contributed by atoms with Crippen molar-refractivity contribution in [2.24, 2.45) is 18.8 Å². The Hall–Kier alpha value is -0.910. The van der Waals surface area contributed by atoms with Crippen LogP contribution in [0.4, 0.5) is 0 Å². The van der Waals surface area contributed by atoms with Crippen LogP contribution in [0, 0.1) is 5.92 Å². The first-order valence-corrected chi connectivity index (χ1v) is 6.32. The Morgan fingerprint density at radius 3 is 2.94 bits per heavy atom. The van der Waals surface area contributed by atoms with E-state index in [1.807, 2.05) is 17.9 Å². The van der Waals surface area contributed by atoms with Crippen LogP contribution in [-0.2, 0) is 18.2 Å². The van der Waals surface area contributed by atoms with Crippen molar-refractivity contribution in [3.05, 3.63) is 18.0 Å². The van der Waals surface area contributed by atoms with Crippen molar-refractivity contribution in [3.63, 3.8) is 0 Å². The lowest BCUT2D eigenvalue weighted by Crippen LogP contribution is -2.43. The summed E-state index contributed by atoms with van der Waals surface area (Å²) in [5, 5.41) is 4.18. The van der Waals surface area contributed by atoms with E-state index in [1.165, 1.54) is 5.69 Å². The van der Waals surface area contributed by atoms with Crippen molar-refractivity contribution in [1.82, 2.24) is 15.2 Å². The van der Waals surface area contributed by atoms with Gasteiger partial charge in [-0.15, -0.1) is 0 Å². The molecule has 1 aromatic rings. The molecule has 17 heavy (non-hydrogen) atoms. The largest absolute Gasteiger partial charge is 0.381 e. The maximum atomic E-state index is 5.67. The second-order valence-corrected chi connectivity index (χ2v) is 4.71. The van der Waals surface area contributed by atoms with Gasteiger partial charge in [0.05, 0.1) is 0 Å². The van der Waals surface area contributed by atoms with Crippen molar-refractivity contribution >= 4 is 0 Å². The molecule has 0 aromatic carbocycles. The molecule has 1 atom stereocenters. The molecule has 1 saturated heterocycles. The van der Waals surface area contributed by atoms with Crippen LogP contribution in [0.2, 0.25) is 0 Å². The summed E-state index contributed by atoms with van der Waals surface area (Å²) in [7, 11) is 1.98. The van der Waals surface area contributed by atoms with Gasteiger partial charge in [-0.3, -0.25) is 16.0 Å². The van der Waals surface area contributed by atoms with Crippen molar-refractivity contribution < 1.29 is 4.74 Å². The summed E-state index contributed by atoms with van der Waals surface area (Å²) in [5.74, 6) is 6.31. The van der Waals surface area contributed by atoms with E-state index in [2.05, 4.69) is 16.6 Å². The zero-order valence-electron chi connectivity index (χ0n) is 10.4. The highest BCUT2D eigenvalue weighted by molar-refractivity contribution is 5.00. The summed E-state index contributed by atoms with van der Waals surface area (Å²) in [4.78, 5) is 0. The molecule has 0 amide bonds. The lowest BCUT2D eigenvalue weighted by atomic mass is 9.89. The highest BCUT2D eigenvalue weighted by Crippen LogP contribution is 2.21. The number of rotatable bonds is 5. The second-order valence-electron chi connectivity index (χ2n) is 4.71. The number of nitrogens with two attached hydrogens (primary N) is 1. The fraction of sp³-hybridized carbons (Fsp3) is 0.750. The quantitative estimate of drug-likeness (QED) is 0.583. The molecule has 0 spiro atoms. The number of aryl methyl sites for hydroxylation is 2. The zero-order chi connectivity index (χ0) is 12.1. The van der Waals surface area contributed by atoms with E-state index in [1.54, 1.807) is 0 Å². The lowest BCUT2D eigenvalue weighted by molar-refractivity contribution is 0.0526. The Kier molecular flexibility index (Phi) is 4.53. The third kappa shape index (κ3) is 3.28. The van der Waals surface area contributed by atoms with E-state index in [4.69, 9.17) is 10.6 Å². The van der Waals surface area contributed by atoms with Crippen LogP contribution < -0.4 is 11.3 Å². The van der Waals surface area contributed by atoms with Gasteiger partial charge in [0.25, 0.3) is 0 Å². The molecule has 3 N–H and O–H groups in total. The molecule has 2 heterocycles. The molecular weight excluding hydrogens is 216 g/mol. The van der Waals surface area contributed by atoms with Crippen LogP contribution in [0.15, 0.2) is 12.3 Å². The molecule has 5 nitrogen and oxygen atoms in total. The topological polar surface area (TPSA) is 65.1 Å². The zero-order valence-corrected chi connectivity index (χ0v) is 10.4. The molecule has 5 heteroatoms. The van der Waals surface area contributed by atoms with E-state index in [9.17, 15) is 0 Å². The Balaban J connectivity index is 1.84. The van der Waals surface area contributed by atoms with Crippen LogP contribution in [0.5, 0.6) is 0 Å². The number of nitrogens with zero attached hydrogens (tertiary/aromatic N) is 2. The van der Waals surface area contributed by atoms with E-state index in [-0.39, 0.29) is 0 Å². The van der Waals surface area contributed by atoms with Crippen LogP contribution in [-0.4, -0.2) is 29.0 Å². The van der Waals surface area contributed by atoms with Gasteiger partial charge in [0.1, 0.15) is 0 Å². The molecule has 0 radical (unpaired) electrons. The molecule has 96 valence electrons. The van der Waals surface area contributed by atoms with Gasteiger partial charge in [-0.05, 0) is 37.7 Å². The molecule has 0 bridgehead atoms. The monoisotopic (exact) mass is 238 g/mol. The van der Waals surface area contributed by atoms with Gasteiger partial charge in [0.2, 0.25) is 0 Å². The van der Waals surface area contributed by atoms with E-state index in [0.29, 0.717) is 12.0 Å². The highest BCUT2D eigenvalue weighted by atomic mass is 16.5. The standard InChI is InChI=1S/C12H22N4O/c1-16-11(4-7-14-16)2-3-12(15-13)10-5-8-17-9-6-10/h4,7,10,12,15H,2-3,5-6,8-9,13H2,1H3. The molecular formula is C12H22N4O. The minimum atomic E-state index is 0.383. The molecule has 2 rings (SSSR count). The molecule has 1 unspecified atom stereocenters. The first-order chi connectivity index (χ1) is 8.31. The maximum absolute atomic E-state index is 5.67. The molecule has 1 aliphatic rings. The summed E-state index contributed by atoms with van der Waals surface area (Å²) in [6, 6.07) is 2.45. The van der Waals surface area contributed by atoms with Crippen LogP contribution >= 0.6 is 0 Å². The molecule has 1 aliphatic heterocycles. The first-order valence-electron chi connectivity index (χ1n) is 6.32. The Morgan fingerprint density at radius 1 is 1.59 bits per heavy atom. The number of ether oxygens (including phenoxy) is 1. The fourth-order valence-corrected chi connectivity index (χ4v) is 2.52. The predicted molar refractivity (Wildman–Crippen MR) is 66.2 cm³/mol. The minimum Gasteiger partial charge on any atom is -0.381 e. The number of aromatic nitrogens is 2. The Labute approximate surface area is 102 Å². The summed E-state index contributed by atoms with van der Waals surface area (Å²) in [5.41, 5.74) is 4.23. The Bertz CT molecular complexity index is 333. The van der Waals surface area contributed by atoms with E-state index >= 15 is 0 Å². The van der Waals surface area contributed by atoms with Gasteiger partial charge in [-0.2, -0.15) is 5.10 Å². The molecule has 0 aliphatic carbocycles. The van der Waals surface area contributed by atoms with E-state index in [0.717, 1.165) is 38.9 Å². The van der Waals surface area contributed by atoms with Crippen LogP contribution in [0.3, 0.4) is 0 Å². The smallest absolute Gasteiger partial charge is 0.0492 e. The number of hydrazine groups is 1. The summed E-state index contributed by atoms with van der Waals surface area (Å²) in [6.45, 7) is 1.74. The Morgan fingerprint density at radius 2 is 2.35 bits per heavy atom. The van der Waals surface area contributed by atoms with Crippen LogP contribution in [0.25, 0.3) is 0 Å². The predicted octanol–water partition coefficient (Wildman–Crippen LogP) is 0.611. The maximum Gasteiger partial charge on any atom is 0.0492 e. The first kappa shape index (κ1) is 12.5. The number of nitrogens with one attached hydrogen (secondary N) is 1. The lowest BCUT2D eigenvalue weighted by Gasteiger charge is -2.29. The molecule has 1 aromatic heterocycles. The average molecular weight is 238 g/mol. The van der Waals surface area contributed by atoms with Crippen molar-refractivity contribution in [1.29, 1.82) is 0 Å². The third-order valence-electron chi connectivity index (χ3n) is 3.68. The van der Waals surface area contributed by atoms with Gasteiger partial charge in [0, 0.05) is 38.2 Å². The van der Waals surface area contributed by atoms with Crippen molar-refractivity contribution in [2.45, 2.75) is 31.7 Å². The number of hydrogen-bond donors (Lipinski definition) is 2. The van der Waals surface area contributed by atoms with Gasteiger partial charge in [-0.25, -0.2) is 0 Å². The highest BCUT2D eigenvalue weighted by Gasteiger charge is 2.23. The average Bonchev–Trinajstić information content (AvgIpc) is 2.77. The van der Waals surface area contributed by atoms with Crippen molar-refractivity contribution in [3.8, 4) is 0 Å². The van der Waals surface area contributed by atoms with Gasteiger partial charge in [-0.1, -0.05) is 0 Å². The summed E-state index contributed by atoms with van der Waals surface area (Å²) >= 11 is 0. The summed E-state index contributed by atoms with van der Waals surface area (Å²) in [6.07, 6.45) is 6.14. The normalized spacial score (nSPS) is 19.4. The van der Waals surface area contributed by atoms with Crippen molar-refractivity contribution in [2.75, 3.05) is 13.2 Å². The molecule has 1 fully saturated rings. The second kappa shape index (κ2) is 6.14. The van der Waals surface area contributed by atoms with E-state index < -0.39 is 0 Å². The van der Waals surface area contributed by atoms with Gasteiger partial charge < -0.3 is 4.74 Å².